The van der Waals surface area contributed by atoms with Crippen LogP contribution in [0.15, 0.2) is 0 Å². The number of piperidine rings is 1. The van der Waals surface area contributed by atoms with Crippen molar-refractivity contribution in [2.75, 3.05) is 52.5 Å². The Hall–Kier alpha value is 0.0169. The van der Waals surface area contributed by atoms with Crippen LogP contribution in [0.4, 0.5) is 0 Å². The van der Waals surface area contributed by atoms with Gasteiger partial charge >= 0.3 is 8.88 Å². The summed E-state index contributed by atoms with van der Waals surface area (Å²) in [7, 11) is -2.37. The van der Waals surface area contributed by atoms with Crippen molar-refractivity contribution >= 4 is 8.88 Å². The summed E-state index contributed by atoms with van der Waals surface area (Å²) in [6.07, 6.45) is 3.91. The molecule has 0 aromatic heterocycles. The molecule has 0 unspecified atom stereocenters. The highest BCUT2D eigenvalue weighted by molar-refractivity contribution is 6.61. The lowest BCUT2D eigenvalue weighted by molar-refractivity contribution is 0.0509. The van der Waals surface area contributed by atoms with Crippen molar-refractivity contribution in [1.82, 2.24) is 14.4 Å². The first-order chi connectivity index (χ1) is 9.33. The van der Waals surface area contributed by atoms with Gasteiger partial charge in [-0.15, -0.1) is 0 Å². The fourth-order valence-corrected chi connectivity index (χ4v) is 6.74. The molecule has 0 radical (unpaired) electrons. The molecule has 5 nitrogen and oxygen atoms in total. The summed E-state index contributed by atoms with van der Waals surface area (Å²) in [5.74, 6) is 0. The van der Waals surface area contributed by atoms with Crippen LogP contribution >= 0.6 is 0 Å². The highest BCUT2D eigenvalue weighted by atomic mass is 28.4. The zero-order valence-electron chi connectivity index (χ0n) is 12.5. The Bertz CT molecular complexity index is 230. The second-order valence-corrected chi connectivity index (χ2v) is 8.14. The lowest BCUT2D eigenvalue weighted by Gasteiger charge is -2.47. The average molecular weight is 287 g/mol. The molecule has 0 bridgehead atoms. The first kappa shape index (κ1) is 15.4. The molecule has 112 valence electrons. The van der Waals surface area contributed by atoms with E-state index >= 15 is 0 Å². The Labute approximate surface area is 118 Å². The standard InChI is InChI=1S/C13H29N3O2Si/c1-3-17-19(18-4-2,15-10-6-5-7-11-15)16-12-8-14-9-13-16/h14H,3-13H2,1-2H3. The number of hydrogen-bond acceptors (Lipinski definition) is 5. The molecule has 0 spiro atoms. The Balaban J connectivity index is 2.16. The van der Waals surface area contributed by atoms with E-state index in [0.717, 1.165) is 52.5 Å². The molecule has 0 amide bonds. The van der Waals surface area contributed by atoms with Crippen LogP contribution < -0.4 is 5.32 Å². The molecule has 1 N–H and O–H groups in total. The molecule has 19 heavy (non-hydrogen) atoms. The third-order valence-corrected chi connectivity index (χ3v) is 7.76. The van der Waals surface area contributed by atoms with Gasteiger partial charge in [-0.2, -0.15) is 0 Å². The summed E-state index contributed by atoms with van der Waals surface area (Å²) in [5, 5.41) is 3.42. The van der Waals surface area contributed by atoms with E-state index in [4.69, 9.17) is 8.85 Å². The van der Waals surface area contributed by atoms with E-state index in [9.17, 15) is 0 Å². The second-order valence-electron chi connectivity index (χ2n) is 5.20. The maximum Gasteiger partial charge on any atom is 0.522 e. The van der Waals surface area contributed by atoms with Crippen LogP contribution in [0.5, 0.6) is 0 Å². The van der Waals surface area contributed by atoms with Crippen molar-refractivity contribution in [3.63, 3.8) is 0 Å². The van der Waals surface area contributed by atoms with Gasteiger partial charge in [0.05, 0.1) is 0 Å². The Morgan fingerprint density at radius 3 is 1.89 bits per heavy atom. The summed E-state index contributed by atoms with van der Waals surface area (Å²) in [4.78, 5) is 0. The molecule has 2 rings (SSSR count). The quantitative estimate of drug-likeness (QED) is 0.734. The van der Waals surface area contributed by atoms with E-state index < -0.39 is 8.88 Å². The zero-order chi connectivity index (χ0) is 13.6. The molecule has 0 saturated carbocycles. The molecular weight excluding hydrogens is 258 g/mol. The maximum absolute atomic E-state index is 6.29. The molecule has 0 aliphatic carbocycles. The molecule has 0 atom stereocenters. The lowest BCUT2D eigenvalue weighted by Crippen LogP contribution is -2.73. The first-order valence-corrected chi connectivity index (χ1v) is 9.53. The van der Waals surface area contributed by atoms with Gasteiger partial charge in [0.2, 0.25) is 0 Å². The highest BCUT2D eigenvalue weighted by Crippen LogP contribution is 2.24. The summed E-state index contributed by atoms with van der Waals surface area (Å²) >= 11 is 0. The largest absolute Gasteiger partial charge is 0.522 e. The second kappa shape index (κ2) is 7.71. The van der Waals surface area contributed by atoms with Crippen LogP contribution in [0.3, 0.4) is 0 Å². The van der Waals surface area contributed by atoms with Crippen molar-refractivity contribution < 1.29 is 8.85 Å². The van der Waals surface area contributed by atoms with Crippen LogP contribution in [0.2, 0.25) is 0 Å². The normalized spacial score (nSPS) is 23.7. The van der Waals surface area contributed by atoms with Gasteiger partial charge in [0.15, 0.2) is 0 Å². The number of piperazine rings is 1. The molecular formula is C13H29N3O2Si. The highest BCUT2D eigenvalue weighted by Gasteiger charge is 2.52. The zero-order valence-corrected chi connectivity index (χ0v) is 13.5. The molecule has 2 aliphatic heterocycles. The summed E-state index contributed by atoms with van der Waals surface area (Å²) in [5.41, 5.74) is 0. The topological polar surface area (TPSA) is 37.0 Å². The van der Waals surface area contributed by atoms with Crippen molar-refractivity contribution in [1.29, 1.82) is 0 Å². The Kier molecular flexibility index (Phi) is 6.25. The maximum atomic E-state index is 6.29. The van der Waals surface area contributed by atoms with Crippen molar-refractivity contribution in [2.45, 2.75) is 33.1 Å². The summed E-state index contributed by atoms with van der Waals surface area (Å²) in [6.45, 7) is 12.1. The van der Waals surface area contributed by atoms with E-state index in [1.54, 1.807) is 0 Å². The van der Waals surface area contributed by atoms with E-state index in [1.165, 1.54) is 19.3 Å². The minimum atomic E-state index is -2.37. The average Bonchev–Trinajstić information content (AvgIpc) is 2.49. The van der Waals surface area contributed by atoms with Crippen LogP contribution in [-0.2, 0) is 8.85 Å². The van der Waals surface area contributed by atoms with Crippen molar-refractivity contribution in [3.8, 4) is 0 Å². The van der Waals surface area contributed by atoms with E-state index in [0.29, 0.717) is 0 Å². The van der Waals surface area contributed by atoms with Gasteiger partial charge in [-0.25, -0.2) is 0 Å². The van der Waals surface area contributed by atoms with Crippen molar-refractivity contribution in [3.05, 3.63) is 0 Å². The van der Waals surface area contributed by atoms with Gasteiger partial charge in [-0.1, -0.05) is 6.42 Å². The van der Waals surface area contributed by atoms with Crippen LogP contribution in [0, 0.1) is 0 Å². The molecule has 0 aromatic carbocycles. The number of nitrogens with zero attached hydrogens (tertiary/aromatic N) is 2. The van der Waals surface area contributed by atoms with Gasteiger partial charge in [0.25, 0.3) is 0 Å². The summed E-state index contributed by atoms with van der Waals surface area (Å²) in [6, 6.07) is 0. The van der Waals surface area contributed by atoms with Crippen LogP contribution in [-0.4, -0.2) is 70.5 Å². The van der Waals surface area contributed by atoms with Crippen LogP contribution in [0.1, 0.15) is 33.1 Å². The van der Waals surface area contributed by atoms with E-state index in [-0.39, 0.29) is 0 Å². The molecule has 2 saturated heterocycles. The predicted molar refractivity (Wildman–Crippen MR) is 78.9 cm³/mol. The van der Waals surface area contributed by atoms with Gasteiger partial charge in [0.1, 0.15) is 0 Å². The number of nitrogens with one attached hydrogen (secondary N) is 1. The molecule has 6 heteroatoms. The van der Waals surface area contributed by atoms with Gasteiger partial charge in [-0.05, 0) is 39.8 Å². The number of hydrogen-bond donors (Lipinski definition) is 1. The van der Waals surface area contributed by atoms with E-state index in [1.807, 2.05) is 0 Å². The van der Waals surface area contributed by atoms with Gasteiger partial charge in [0, 0.05) is 39.4 Å². The van der Waals surface area contributed by atoms with Crippen molar-refractivity contribution in [2.24, 2.45) is 0 Å². The molecule has 0 aromatic rings. The SMILES string of the molecule is CCO[Si](OCC)(N1CCCCC1)N1CCNCC1. The van der Waals surface area contributed by atoms with Crippen LogP contribution in [0.25, 0.3) is 0 Å². The first-order valence-electron chi connectivity index (χ1n) is 7.82. The fourth-order valence-electron chi connectivity index (χ4n) is 3.11. The third-order valence-electron chi connectivity index (χ3n) is 3.94. The smallest absolute Gasteiger partial charge is 0.371 e. The minimum absolute atomic E-state index is 0.743. The molecule has 2 fully saturated rings. The third kappa shape index (κ3) is 3.56. The monoisotopic (exact) mass is 287 g/mol. The molecule has 2 heterocycles. The minimum Gasteiger partial charge on any atom is -0.371 e. The van der Waals surface area contributed by atoms with Gasteiger partial charge in [-0.3, -0.25) is 9.13 Å². The Morgan fingerprint density at radius 1 is 0.842 bits per heavy atom. The lowest BCUT2D eigenvalue weighted by atomic mass is 10.2. The predicted octanol–water partition coefficient (Wildman–Crippen LogP) is 0.886. The number of rotatable bonds is 6. The van der Waals surface area contributed by atoms with E-state index in [2.05, 4.69) is 28.3 Å². The summed E-state index contributed by atoms with van der Waals surface area (Å²) < 4.78 is 17.6. The van der Waals surface area contributed by atoms with Gasteiger partial charge < -0.3 is 14.2 Å². The Morgan fingerprint density at radius 2 is 1.37 bits per heavy atom. The molecule has 2 aliphatic rings. The fraction of sp³-hybridized carbons (Fsp3) is 1.00.